The third-order valence-corrected chi connectivity index (χ3v) is 7.73. The number of carbonyl (C=O) groups excluding carboxylic acids is 1. The molecule has 2 N–H and O–H groups in total. The van der Waals surface area contributed by atoms with Crippen molar-refractivity contribution in [2.24, 2.45) is 0 Å². The highest BCUT2D eigenvalue weighted by Crippen LogP contribution is 2.31. The fourth-order valence-corrected chi connectivity index (χ4v) is 5.30. The zero-order valence-corrected chi connectivity index (χ0v) is 24.5. The van der Waals surface area contributed by atoms with Crippen molar-refractivity contribution in [3.63, 3.8) is 0 Å². The van der Waals surface area contributed by atoms with Crippen molar-refractivity contribution in [1.29, 1.82) is 0 Å². The molecule has 0 amide bonds. The number of esters is 1. The van der Waals surface area contributed by atoms with Gasteiger partial charge in [0.05, 0.1) is 6.61 Å². The highest BCUT2D eigenvalue weighted by Gasteiger charge is 2.15. The van der Waals surface area contributed by atoms with Crippen LogP contribution in [-0.2, 0) is 9.53 Å². The van der Waals surface area contributed by atoms with Gasteiger partial charge in [0.25, 0.3) is 0 Å². The van der Waals surface area contributed by atoms with Crippen LogP contribution in [0.4, 0.5) is 0 Å². The monoisotopic (exact) mass is 538 g/mol. The molecule has 4 nitrogen and oxygen atoms in total. The van der Waals surface area contributed by atoms with Gasteiger partial charge in [-0.05, 0) is 54.7 Å². The lowest BCUT2D eigenvalue weighted by molar-refractivity contribution is -0.143. The number of hydrogen-bond donors (Lipinski definition) is 2. The van der Waals surface area contributed by atoms with Gasteiger partial charge in [-0.1, -0.05) is 128 Å². The minimum Gasteiger partial charge on any atom is -0.508 e. The summed E-state index contributed by atoms with van der Waals surface area (Å²) < 4.78 is 5.48. The van der Waals surface area contributed by atoms with Crippen LogP contribution >= 0.6 is 0 Å². The van der Waals surface area contributed by atoms with Gasteiger partial charge in [0.15, 0.2) is 0 Å². The van der Waals surface area contributed by atoms with Gasteiger partial charge in [-0.25, -0.2) is 0 Å². The van der Waals surface area contributed by atoms with Crippen LogP contribution in [0.1, 0.15) is 146 Å². The number of carbonyl (C=O) groups is 1. The summed E-state index contributed by atoms with van der Waals surface area (Å²) in [6, 6.07) is 14.4. The number of hydrogen-bond acceptors (Lipinski definition) is 4. The summed E-state index contributed by atoms with van der Waals surface area (Å²) >= 11 is 0. The number of rotatable bonds is 23. The molecule has 39 heavy (non-hydrogen) atoms. The molecule has 4 heteroatoms. The third-order valence-electron chi connectivity index (χ3n) is 7.73. The van der Waals surface area contributed by atoms with Crippen molar-refractivity contribution in [2.75, 3.05) is 6.61 Å². The molecule has 0 radical (unpaired) electrons. The lowest BCUT2D eigenvalue weighted by atomic mass is 9.87. The van der Waals surface area contributed by atoms with E-state index in [1.165, 1.54) is 89.9 Å². The van der Waals surface area contributed by atoms with Gasteiger partial charge >= 0.3 is 5.97 Å². The number of aromatic hydroxyl groups is 2. The van der Waals surface area contributed by atoms with E-state index >= 15 is 0 Å². The van der Waals surface area contributed by atoms with E-state index in [9.17, 15) is 15.0 Å². The molecule has 0 fully saturated rings. The van der Waals surface area contributed by atoms with Gasteiger partial charge in [-0.2, -0.15) is 0 Å². The second kappa shape index (κ2) is 21.3. The van der Waals surface area contributed by atoms with Crippen LogP contribution in [0.5, 0.6) is 11.5 Å². The summed E-state index contributed by atoms with van der Waals surface area (Å²) in [6.07, 6.45) is 23.3. The van der Waals surface area contributed by atoms with Crippen molar-refractivity contribution >= 4 is 5.97 Å². The maximum atomic E-state index is 12.3. The Labute approximate surface area is 238 Å². The van der Waals surface area contributed by atoms with Gasteiger partial charge in [-0.3, -0.25) is 4.79 Å². The molecule has 2 aromatic rings. The van der Waals surface area contributed by atoms with E-state index in [0.717, 1.165) is 36.8 Å². The number of benzene rings is 2. The van der Waals surface area contributed by atoms with E-state index in [-0.39, 0.29) is 23.4 Å². The Balaban J connectivity index is 1.47. The summed E-state index contributed by atoms with van der Waals surface area (Å²) in [4.78, 5) is 12.3. The summed E-state index contributed by atoms with van der Waals surface area (Å²) in [5, 5.41) is 19.3. The topological polar surface area (TPSA) is 66.8 Å². The van der Waals surface area contributed by atoms with Crippen molar-refractivity contribution in [1.82, 2.24) is 0 Å². The van der Waals surface area contributed by atoms with Gasteiger partial charge in [-0.15, -0.1) is 0 Å². The lowest BCUT2D eigenvalue weighted by Gasteiger charge is -2.18. The van der Waals surface area contributed by atoms with Gasteiger partial charge in [0, 0.05) is 12.3 Å². The first-order valence-electron chi connectivity index (χ1n) is 15.8. The third kappa shape index (κ3) is 15.6. The van der Waals surface area contributed by atoms with Crippen molar-refractivity contribution in [2.45, 2.75) is 135 Å². The van der Waals surface area contributed by atoms with Crippen LogP contribution in [0.2, 0.25) is 0 Å². The number of unbranched alkanes of at least 4 members (excludes halogenated alkanes) is 15. The molecule has 0 saturated heterocycles. The summed E-state index contributed by atoms with van der Waals surface area (Å²) in [6.45, 7) is 2.80. The van der Waals surface area contributed by atoms with Crippen molar-refractivity contribution in [3.05, 3.63) is 59.7 Å². The molecule has 218 valence electrons. The van der Waals surface area contributed by atoms with Crippen LogP contribution in [0, 0.1) is 0 Å². The predicted molar refractivity (Wildman–Crippen MR) is 162 cm³/mol. The highest BCUT2D eigenvalue weighted by molar-refractivity contribution is 5.69. The van der Waals surface area contributed by atoms with E-state index in [0.29, 0.717) is 13.0 Å². The molecule has 0 atom stereocenters. The first-order chi connectivity index (χ1) is 19.1. The van der Waals surface area contributed by atoms with E-state index in [4.69, 9.17) is 4.74 Å². The highest BCUT2D eigenvalue weighted by atomic mass is 16.5. The first kappa shape index (κ1) is 32.7. The SMILES string of the molecule is CCCCCCCCCCCCCCCCCCOC(=O)CCCC(c1ccc(O)cc1)c1ccc(O)cc1. The summed E-state index contributed by atoms with van der Waals surface area (Å²) in [5.74, 6) is 0.451. The van der Waals surface area contributed by atoms with E-state index in [1.807, 2.05) is 24.3 Å². The van der Waals surface area contributed by atoms with Gasteiger partial charge in [0.1, 0.15) is 11.5 Å². The van der Waals surface area contributed by atoms with E-state index in [2.05, 4.69) is 6.92 Å². The fourth-order valence-electron chi connectivity index (χ4n) is 5.30. The molecule has 0 aromatic heterocycles. The molecule has 0 aliphatic carbocycles. The Morgan fingerprint density at radius 3 is 1.38 bits per heavy atom. The molecule has 0 unspecified atom stereocenters. The molecule has 0 heterocycles. The molecule has 0 spiro atoms. The Kier molecular flexibility index (Phi) is 17.9. The Morgan fingerprint density at radius 2 is 0.974 bits per heavy atom. The number of phenols is 2. The normalized spacial score (nSPS) is 11.2. The second-order valence-electron chi connectivity index (χ2n) is 11.2. The van der Waals surface area contributed by atoms with Gasteiger partial charge < -0.3 is 14.9 Å². The van der Waals surface area contributed by atoms with Crippen LogP contribution < -0.4 is 0 Å². The zero-order chi connectivity index (χ0) is 28.0. The van der Waals surface area contributed by atoms with Crippen LogP contribution in [0.25, 0.3) is 0 Å². The van der Waals surface area contributed by atoms with Crippen LogP contribution in [0.15, 0.2) is 48.5 Å². The predicted octanol–water partition coefficient (Wildman–Crippen LogP) is 10.2. The van der Waals surface area contributed by atoms with Crippen molar-refractivity contribution in [3.8, 4) is 11.5 Å². The molecule has 0 saturated carbocycles. The summed E-state index contributed by atoms with van der Waals surface area (Å²) in [5.41, 5.74) is 2.17. The molecule has 2 aromatic carbocycles. The zero-order valence-electron chi connectivity index (χ0n) is 24.5. The molecular weight excluding hydrogens is 484 g/mol. The maximum absolute atomic E-state index is 12.3. The Morgan fingerprint density at radius 1 is 0.590 bits per heavy atom. The fraction of sp³-hybridized carbons (Fsp3) is 0.629. The second-order valence-corrected chi connectivity index (χ2v) is 11.2. The molecule has 0 aliphatic rings. The number of phenolic OH excluding ortho intramolecular Hbond substituents is 2. The molecular formula is C35H54O4. The minimum atomic E-state index is -0.119. The molecule has 2 rings (SSSR count). The Hall–Kier alpha value is -2.49. The van der Waals surface area contributed by atoms with E-state index < -0.39 is 0 Å². The van der Waals surface area contributed by atoms with Crippen molar-refractivity contribution < 1.29 is 19.7 Å². The Bertz CT molecular complexity index is 814. The average molecular weight is 539 g/mol. The quantitative estimate of drug-likeness (QED) is 0.109. The van der Waals surface area contributed by atoms with Crippen LogP contribution in [0.3, 0.4) is 0 Å². The standard InChI is InChI=1S/C35H54O4/c1-2-3-4-5-6-7-8-9-10-11-12-13-14-15-16-17-29-39-35(38)20-18-19-34(30-21-25-32(36)26-22-30)31-23-27-33(37)28-24-31/h21-28,34,36-37H,2-20,29H2,1H3. The maximum Gasteiger partial charge on any atom is 0.305 e. The first-order valence-corrected chi connectivity index (χ1v) is 15.8. The smallest absolute Gasteiger partial charge is 0.305 e. The van der Waals surface area contributed by atoms with E-state index in [1.54, 1.807) is 24.3 Å². The van der Waals surface area contributed by atoms with Gasteiger partial charge in [0.2, 0.25) is 0 Å². The minimum absolute atomic E-state index is 0.0966. The largest absolute Gasteiger partial charge is 0.508 e. The summed E-state index contributed by atoms with van der Waals surface area (Å²) in [7, 11) is 0. The lowest BCUT2D eigenvalue weighted by Crippen LogP contribution is -2.07. The molecule has 0 bridgehead atoms. The molecule has 0 aliphatic heterocycles. The average Bonchev–Trinajstić information content (AvgIpc) is 2.94. The van der Waals surface area contributed by atoms with Crippen LogP contribution in [-0.4, -0.2) is 22.8 Å². The number of ether oxygens (including phenoxy) is 1.